The monoisotopic (exact) mass is 729 g/mol. The molecule has 0 bridgehead atoms. The second-order valence-electron chi connectivity index (χ2n) is 13.1. The van der Waals surface area contributed by atoms with Crippen molar-refractivity contribution < 1.29 is 9.90 Å². The Bertz CT molecular complexity index is 2100. The quantitative estimate of drug-likeness (QED) is 0.110. The Morgan fingerprint density at radius 1 is 0.830 bits per heavy atom. The highest BCUT2D eigenvalue weighted by atomic mass is 32.1. The number of aliphatic hydroxyl groups is 1. The van der Waals surface area contributed by atoms with Gasteiger partial charge in [-0.05, 0) is 68.9 Å². The largest absolute Gasteiger partial charge is 0.392 e. The summed E-state index contributed by atoms with van der Waals surface area (Å²) >= 11 is 1.58. The fourth-order valence-electron chi connectivity index (χ4n) is 6.76. The van der Waals surface area contributed by atoms with Crippen LogP contribution in [0, 0.1) is 5.41 Å². The van der Waals surface area contributed by atoms with Crippen LogP contribution < -0.4 is 16.4 Å². The lowest BCUT2D eigenvalue weighted by atomic mass is 9.85. The molecule has 5 heterocycles. The molecule has 5 aromatic heterocycles. The first kappa shape index (κ1) is 37.4. The highest BCUT2D eigenvalue weighted by Gasteiger charge is 2.39. The molecule has 0 saturated heterocycles. The molecule has 0 aliphatic heterocycles. The summed E-state index contributed by atoms with van der Waals surface area (Å²) in [5, 5.41) is 19.5. The van der Waals surface area contributed by atoms with Gasteiger partial charge in [0.1, 0.15) is 27.9 Å². The maximum absolute atomic E-state index is 12.0. The Kier molecular flexibility index (Phi) is 12.3. The first-order chi connectivity index (χ1) is 25.9. The Hall–Kier alpha value is -5.33. The van der Waals surface area contributed by atoms with Crippen molar-refractivity contribution in [2.24, 2.45) is 11.1 Å². The predicted molar refractivity (Wildman–Crippen MR) is 213 cm³/mol. The minimum absolute atomic E-state index is 0.201. The molecule has 274 valence electrons. The van der Waals surface area contributed by atoms with Gasteiger partial charge in [0, 0.05) is 47.7 Å². The number of benzene rings is 1. The molecule has 1 atom stereocenters. The Labute approximate surface area is 314 Å². The highest BCUT2D eigenvalue weighted by molar-refractivity contribution is 7.17. The molecule has 11 nitrogen and oxygen atoms in total. The number of amides is 1. The molecule has 1 amide bonds. The number of pyridine rings is 2. The molecule has 1 aromatic carbocycles. The Morgan fingerprint density at radius 3 is 2.09 bits per heavy atom. The molecule has 2 aliphatic carbocycles. The number of carbonyl (C=O) groups excluding carboxylic acids is 1. The van der Waals surface area contributed by atoms with Crippen LogP contribution in [-0.2, 0) is 17.6 Å². The lowest BCUT2D eigenvalue weighted by Crippen LogP contribution is -2.40. The third-order valence-electron chi connectivity index (χ3n) is 9.48. The summed E-state index contributed by atoms with van der Waals surface area (Å²) in [7, 11) is 0. The number of aliphatic hydroxyl groups excluding tert-OH is 1. The smallest absolute Gasteiger partial charge is 0.225 e. The zero-order valence-electron chi connectivity index (χ0n) is 30.5. The molecule has 12 heteroatoms. The summed E-state index contributed by atoms with van der Waals surface area (Å²) in [6.45, 7) is 6.71. The van der Waals surface area contributed by atoms with Gasteiger partial charge in [-0.15, -0.1) is 11.3 Å². The van der Waals surface area contributed by atoms with Crippen molar-refractivity contribution >= 4 is 39.1 Å². The molecule has 1 saturated carbocycles. The second kappa shape index (κ2) is 17.5. The summed E-state index contributed by atoms with van der Waals surface area (Å²) in [4.78, 5) is 40.5. The van der Waals surface area contributed by atoms with Gasteiger partial charge >= 0.3 is 0 Å². The van der Waals surface area contributed by atoms with Crippen LogP contribution in [0.4, 0.5) is 11.6 Å². The Balaban J connectivity index is 0.000000173. The lowest BCUT2D eigenvalue weighted by molar-refractivity contribution is -0.126. The van der Waals surface area contributed by atoms with Crippen molar-refractivity contribution in [1.29, 1.82) is 0 Å². The van der Waals surface area contributed by atoms with Crippen LogP contribution in [0.1, 0.15) is 64.1 Å². The van der Waals surface area contributed by atoms with Crippen LogP contribution >= 0.6 is 11.3 Å². The summed E-state index contributed by atoms with van der Waals surface area (Å²) < 4.78 is 0. The molecule has 2 aliphatic rings. The normalized spacial score (nSPS) is 14.6. The number of nitrogens with zero attached hydrogens (tertiary/aromatic N) is 6. The minimum atomic E-state index is -0.475. The number of hydrogen-bond donors (Lipinski definition) is 4. The highest BCUT2D eigenvalue weighted by Crippen LogP contribution is 2.40. The van der Waals surface area contributed by atoms with Crippen LogP contribution in [0.3, 0.4) is 0 Å². The van der Waals surface area contributed by atoms with E-state index in [9.17, 15) is 9.90 Å². The molecular formula is C41H47N9O2S. The van der Waals surface area contributed by atoms with E-state index in [0.717, 1.165) is 95.0 Å². The van der Waals surface area contributed by atoms with Gasteiger partial charge in [-0.25, -0.2) is 19.9 Å². The van der Waals surface area contributed by atoms with Crippen LogP contribution in [0.5, 0.6) is 0 Å². The maximum atomic E-state index is 12.0. The fraction of sp³-hybridized carbons (Fsp3) is 0.341. The van der Waals surface area contributed by atoms with Crippen molar-refractivity contribution in [2.75, 3.05) is 23.7 Å². The van der Waals surface area contributed by atoms with E-state index >= 15 is 0 Å². The van der Waals surface area contributed by atoms with Crippen molar-refractivity contribution in [2.45, 2.75) is 71.8 Å². The number of aryl methyl sites for hydroxylation is 1. The third-order valence-corrected chi connectivity index (χ3v) is 10.4. The van der Waals surface area contributed by atoms with E-state index in [1.54, 1.807) is 30.7 Å². The lowest BCUT2D eigenvalue weighted by Gasteiger charge is -2.26. The van der Waals surface area contributed by atoms with Crippen LogP contribution in [-0.4, -0.2) is 60.1 Å². The van der Waals surface area contributed by atoms with Gasteiger partial charge in [0.15, 0.2) is 11.6 Å². The van der Waals surface area contributed by atoms with Gasteiger partial charge in [-0.1, -0.05) is 69.2 Å². The standard InChI is InChI=1S/C20H18N4OS.C19H23N5O.C2H6/c1-13(25)11-22-19-17-15(14-7-3-2-4-8-14)12-26-20(17)24-18(23-19)16-9-5-6-10-21-16;20-18(25)19(9-2-3-10-19)12-22-16-13-6-5-8-14(13)23-17(24-16)15-7-1-4-11-21-15;1-2/h2-10,12-13,25H,11H2,1H3,(H,22,23,24);1,4,7,11H,2-3,5-6,8-10,12H2,(H2,20,25)(H,22,23,24);1-2H3. The fourth-order valence-corrected chi connectivity index (χ4v) is 7.70. The first-order valence-corrected chi connectivity index (χ1v) is 19.3. The predicted octanol–water partition coefficient (Wildman–Crippen LogP) is 7.72. The molecule has 5 N–H and O–H groups in total. The average molecular weight is 730 g/mol. The van der Waals surface area contributed by atoms with Gasteiger partial charge in [0.25, 0.3) is 0 Å². The maximum Gasteiger partial charge on any atom is 0.225 e. The molecule has 53 heavy (non-hydrogen) atoms. The van der Waals surface area contributed by atoms with E-state index in [4.69, 9.17) is 25.7 Å². The zero-order valence-corrected chi connectivity index (χ0v) is 31.4. The summed E-state index contributed by atoms with van der Waals surface area (Å²) in [6.07, 6.45) is 9.87. The van der Waals surface area contributed by atoms with E-state index < -0.39 is 11.5 Å². The van der Waals surface area contributed by atoms with Crippen molar-refractivity contribution in [1.82, 2.24) is 29.9 Å². The number of fused-ring (bicyclic) bond motifs is 2. The number of nitrogens with two attached hydrogens (primary N) is 1. The third kappa shape index (κ3) is 8.66. The minimum Gasteiger partial charge on any atom is -0.392 e. The SMILES string of the molecule is CC.CC(O)CNc1nc(-c2ccccn2)nc2scc(-c3ccccc3)c12.NC(=O)C1(CNc2nc(-c3ccccn3)nc3c2CCC3)CCCC1. The van der Waals surface area contributed by atoms with E-state index in [0.29, 0.717) is 24.7 Å². The average Bonchev–Trinajstić information content (AvgIpc) is 3.99. The number of thiophene rings is 1. The molecule has 6 aromatic rings. The van der Waals surface area contributed by atoms with E-state index in [1.165, 1.54) is 5.56 Å². The van der Waals surface area contributed by atoms with E-state index in [-0.39, 0.29) is 5.91 Å². The number of aromatic nitrogens is 6. The second-order valence-corrected chi connectivity index (χ2v) is 14.0. The van der Waals surface area contributed by atoms with Gasteiger partial charge in [0.05, 0.1) is 16.9 Å². The van der Waals surface area contributed by atoms with Crippen molar-refractivity contribution in [3.63, 3.8) is 0 Å². The van der Waals surface area contributed by atoms with Crippen LogP contribution in [0.15, 0.2) is 84.5 Å². The number of rotatable bonds is 10. The molecule has 1 unspecified atom stereocenters. The Morgan fingerprint density at radius 2 is 1.47 bits per heavy atom. The van der Waals surface area contributed by atoms with Crippen LogP contribution in [0.25, 0.3) is 44.4 Å². The molecule has 0 radical (unpaired) electrons. The number of primary amides is 1. The number of nitrogens with one attached hydrogen (secondary N) is 2. The van der Waals surface area contributed by atoms with Crippen LogP contribution in [0.2, 0.25) is 0 Å². The van der Waals surface area contributed by atoms with Gasteiger partial charge < -0.3 is 21.5 Å². The summed E-state index contributed by atoms with van der Waals surface area (Å²) in [5.74, 6) is 2.58. The molecule has 0 spiro atoms. The van der Waals surface area contributed by atoms with Gasteiger partial charge in [-0.2, -0.15) is 0 Å². The molecule has 8 rings (SSSR count). The first-order valence-electron chi connectivity index (χ1n) is 18.4. The molecule has 1 fully saturated rings. The van der Waals surface area contributed by atoms with Crippen molar-refractivity contribution in [3.8, 4) is 34.2 Å². The number of hydrogen-bond acceptors (Lipinski definition) is 11. The molecular weight excluding hydrogens is 683 g/mol. The topological polar surface area (TPSA) is 165 Å². The van der Waals surface area contributed by atoms with Gasteiger partial charge in [0.2, 0.25) is 5.91 Å². The summed E-state index contributed by atoms with van der Waals surface area (Å²) in [6, 6.07) is 21.6. The van der Waals surface area contributed by atoms with E-state index in [1.807, 2.05) is 68.4 Å². The summed E-state index contributed by atoms with van der Waals surface area (Å²) in [5.41, 5.74) is 11.2. The number of anilines is 2. The number of carbonyl (C=O) groups is 1. The zero-order chi connectivity index (χ0) is 37.2. The van der Waals surface area contributed by atoms with Crippen molar-refractivity contribution in [3.05, 3.63) is 95.8 Å². The van der Waals surface area contributed by atoms with E-state index in [2.05, 4.69) is 38.1 Å². The van der Waals surface area contributed by atoms with Gasteiger partial charge in [-0.3, -0.25) is 14.8 Å².